The zero-order valence-corrected chi connectivity index (χ0v) is 7.49. The highest BCUT2D eigenvalue weighted by atomic mass is 32.2. The summed E-state index contributed by atoms with van der Waals surface area (Å²) in [4.78, 5) is 0. The molecule has 0 aliphatic carbocycles. The molecule has 1 aliphatic rings. The maximum absolute atomic E-state index is 11.9. The van der Waals surface area contributed by atoms with Crippen LogP contribution in [0.15, 0.2) is 0 Å². The summed E-state index contributed by atoms with van der Waals surface area (Å²) >= 11 is 0. The SMILES string of the molecule is O=S(=O)(CC1CCOC1)C(F)(F)F. The van der Waals surface area contributed by atoms with Crippen molar-refractivity contribution in [3.05, 3.63) is 0 Å². The summed E-state index contributed by atoms with van der Waals surface area (Å²) in [6, 6.07) is 0. The lowest BCUT2D eigenvalue weighted by molar-refractivity contribution is -0.0438. The fourth-order valence-corrected chi connectivity index (χ4v) is 2.19. The fourth-order valence-electron chi connectivity index (χ4n) is 1.12. The van der Waals surface area contributed by atoms with Crippen LogP contribution in [0.3, 0.4) is 0 Å². The molecule has 0 N–H and O–H groups in total. The second kappa shape index (κ2) is 3.45. The summed E-state index contributed by atoms with van der Waals surface area (Å²) in [5.41, 5.74) is -5.13. The van der Waals surface area contributed by atoms with Crippen LogP contribution in [0.4, 0.5) is 13.2 Å². The predicted octanol–water partition coefficient (Wildman–Crippen LogP) is 0.958. The summed E-state index contributed by atoms with van der Waals surface area (Å²) in [6.45, 7) is 0.452. The lowest BCUT2D eigenvalue weighted by Gasteiger charge is -2.10. The van der Waals surface area contributed by atoms with Crippen LogP contribution in [0, 0.1) is 5.92 Å². The minimum atomic E-state index is -5.13. The summed E-state index contributed by atoms with van der Waals surface area (Å²) < 4.78 is 61.6. The van der Waals surface area contributed by atoms with Gasteiger partial charge in [-0.1, -0.05) is 0 Å². The van der Waals surface area contributed by atoms with Crippen LogP contribution < -0.4 is 0 Å². The van der Waals surface area contributed by atoms with Crippen molar-refractivity contribution in [2.75, 3.05) is 19.0 Å². The third-order valence-corrected chi connectivity index (χ3v) is 3.45. The average molecular weight is 218 g/mol. The van der Waals surface area contributed by atoms with Gasteiger partial charge in [0.2, 0.25) is 9.84 Å². The zero-order valence-electron chi connectivity index (χ0n) is 6.67. The molecule has 1 rings (SSSR count). The summed E-state index contributed by atoms with van der Waals surface area (Å²) in [5, 5.41) is 0. The Kier molecular flexibility index (Phi) is 2.86. The fraction of sp³-hybridized carbons (Fsp3) is 1.00. The molecule has 0 aromatic carbocycles. The molecule has 3 nitrogen and oxygen atoms in total. The Hall–Kier alpha value is -0.300. The first-order valence-corrected chi connectivity index (χ1v) is 5.35. The van der Waals surface area contributed by atoms with Gasteiger partial charge in [0.25, 0.3) is 0 Å². The Morgan fingerprint density at radius 2 is 2.00 bits per heavy atom. The monoisotopic (exact) mass is 218 g/mol. The molecule has 78 valence electrons. The largest absolute Gasteiger partial charge is 0.497 e. The van der Waals surface area contributed by atoms with E-state index in [1.807, 2.05) is 0 Å². The predicted molar refractivity (Wildman–Crippen MR) is 38.8 cm³/mol. The van der Waals surface area contributed by atoms with Gasteiger partial charge in [-0.25, -0.2) is 8.42 Å². The lowest BCUT2D eigenvalue weighted by atomic mass is 10.2. The Morgan fingerprint density at radius 1 is 1.38 bits per heavy atom. The van der Waals surface area contributed by atoms with E-state index in [0.29, 0.717) is 13.0 Å². The van der Waals surface area contributed by atoms with Gasteiger partial charge in [-0.05, 0) is 12.3 Å². The van der Waals surface area contributed by atoms with E-state index in [4.69, 9.17) is 4.74 Å². The van der Waals surface area contributed by atoms with Crippen molar-refractivity contribution in [3.8, 4) is 0 Å². The zero-order chi connectivity index (χ0) is 10.1. The van der Waals surface area contributed by atoms with Crippen molar-refractivity contribution in [2.24, 2.45) is 5.92 Å². The molecule has 1 fully saturated rings. The topological polar surface area (TPSA) is 43.4 Å². The third kappa shape index (κ3) is 2.57. The molecule has 7 heteroatoms. The normalized spacial score (nSPS) is 25.0. The molecule has 1 heterocycles. The molecule has 0 aromatic heterocycles. The van der Waals surface area contributed by atoms with Gasteiger partial charge in [-0.3, -0.25) is 0 Å². The van der Waals surface area contributed by atoms with E-state index in [1.54, 1.807) is 0 Å². The van der Waals surface area contributed by atoms with Crippen LogP contribution in [0.5, 0.6) is 0 Å². The maximum Gasteiger partial charge on any atom is 0.497 e. The minimum absolute atomic E-state index is 0.106. The molecule has 13 heavy (non-hydrogen) atoms. The highest BCUT2D eigenvalue weighted by Gasteiger charge is 2.46. The standard InChI is InChI=1S/C6H9F3O3S/c7-6(8,9)13(10,11)4-5-1-2-12-3-5/h5H,1-4H2. The van der Waals surface area contributed by atoms with Crippen LogP contribution in [0.1, 0.15) is 6.42 Å². The van der Waals surface area contributed by atoms with Crippen LogP contribution in [0.2, 0.25) is 0 Å². The van der Waals surface area contributed by atoms with E-state index in [9.17, 15) is 21.6 Å². The van der Waals surface area contributed by atoms with E-state index >= 15 is 0 Å². The van der Waals surface area contributed by atoms with Crippen molar-refractivity contribution in [2.45, 2.75) is 11.9 Å². The van der Waals surface area contributed by atoms with Gasteiger partial charge in [0, 0.05) is 6.61 Å². The molecule has 0 aromatic rings. The summed E-state index contributed by atoms with van der Waals surface area (Å²) in [5.74, 6) is -1.36. The van der Waals surface area contributed by atoms with E-state index in [1.165, 1.54) is 0 Å². The highest BCUT2D eigenvalue weighted by molar-refractivity contribution is 7.92. The Morgan fingerprint density at radius 3 is 2.38 bits per heavy atom. The second-order valence-corrected chi connectivity index (χ2v) is 4.98. The van der Waals surface area contributed by atoms with Crippen LogP contribution in [-0.2, 0) is 14.6 Å². The van der Waals surface area contributed by atoms with Gasteiger partial charge in [0.05, 0.1) is 12.4 Å². The van der Waals surface area contributed by atoms with Gasteiger partial charge in [0.15, 0.2) is 0 Å². The number of rotatable bonds is 2. The summed E-state index contributed by atoms with van der Waals surface area (Å²) in [6.07, 6.45) is 0.384. The molecule has 0 spiro atoms. The van der Waals surface area contributed by atoms with E-state index in [2.05, 4.69) is 0 Å². The van der Waals surface area contributed by atoms with E-state index < -0.39 is 27.0 Å². The molecule has 1 saturated heterocycles. The number of sulfone groups is 1. The number of halogens is 3. The molecule has 0 radical (unpaired) electrons. The van der Waals surface area contributed by atoms with Crippen molar-refractivity contribution in [1.82, 2.24) is 0 Å². The van der Waals surface area contributed by atoms with Crippen LogP contribution in [0.25, 0.3) is 0 Å². The smallest absolute Gasteiger partial charge is 0.381 e. The van der Waals surface area contributed by atoms with E-state index in [0.717, 1.165) is 0 Å². The maximum atomic E-state index is 11.9. The quantitative estimate of drug-likeness (QED) is 0.693. The molecule has 1 aliphatic heterocycles. The summed E-state index contributed by atoms with van der Waals surface area (Å²) in [7, 11) is -4.96. The number of hydrogen-bond acceptors (Lipinski definition) is 3. The highest BCUT2D eigenvalue weighted by Crippen LogP contribution is 2.27. The lowest BCUT2D eigenvalue weighted by Crippen LogP contribution is -2.29. The molecule has 0 bridgehead atoms. The minimum Gasteiger partial charge on any atom is -0.381 e. The number of alkyl halides is 3. The van der Waals surface area contributed by atoms with Gasteiger partial charge in [0.1, 0.15) is 0 Å². The van der Waals surface area contributed by atoms with Crippen molar-refractivity contribution < 1.29 is 26.3 Å². The molecule has 1 unspecified atom stereocenters. The van der Waals surface area contributed by atoms with Gasteiger partial charge in [-0.15, -0.1) is 0 Å². The van der Waals surface area contributed by atoms with E-state index in [-0.39, 0.29) is 6.61 Å². The molecule has 0 amide bonds. The molecule has 0 saturated carbocycles. The molecule has 1 atom stereocenters. The molecular weight excluding hydrogens is 209 g/mol. The van der Waals surface area contributed by atoms with Crippen molar-refractivity contribution >= 4 is 9.84 Å². The first-order chi connectivity index (χ1) is 5.83. The van der Waals surface area contributed by atoms with Gasteiger partial charge < -0.3 is 4.74 Å². The second-order valence-electron chi connectivity index (χ2n) is 2.96. The van der Waals surface area contributed by atoms with Gasteiger partial charge in [-0.2, -0.15) is 13.2 Å². The Balaban J connectivity index is 2.62. The van der Waals surface area contributed by atoms with Crippen LogP contribution >= 0.6 is 0 Å². The van der Waals surface area contributed by atoms with Gasteiger partial charge >= 0.3 is 5.51 Å². The number of ether oxygens (including phenoxy) is 1. The molecular formula is C6H9F3O3S. The van der Waals surface area contributed by atoms with Crippen LogP contribution in [-0.4, -0.2) is 32.9 Å². The Labute approximate surface area is 73.8 Å². The number of hydrogen-bond donors (Lipinski definition) is 0. The van der Waals surface area contributed by atoms with Crippen molar-refractivity contribution in [1.29, 1.82) is 0 Å². The Bertz CT molecular complexity index is 263. The first kappa shape index (κ1) is 10.8. The third-order valence-electron chi connectivity index (χ3n) is 1.83. The first-order valence-electron chi connectivity index (χ1n) is 3.70. The average Bonchev–Trinajstić information content (AvgIpc) is 2.35. The van der Waals surface area contributed by atoms with Crippen molar-refractivity contribution in [3.63, 3.8) is 0 Å².